The third kappa shape index (κ3) is 4.02. The third-order valence-corrected chi connectivity index (χ3v) is 3.52. The van der Waals surface area contributed by atoms with Gasteiger partial charge in [0.15, 0.2) is 0 Å². The van der Waals surface area contributed by atoms with Crippen molar-refractivity contribution in [3.05, 3.63) is 39.9 Å². The van der Waals surface area contributed by atoms with Crippen molar-refractivity contribution in [3.8, 4) is 0 Å². The first kappa shape index (κ1) is 16.4. The predicted molar refractivity (Wildman–Crippen MR) is 77.8 cm³/mol. The van der Waals surface area contributed by atoms with Crippen molar-refractivity contribution in [3.63, 3.8) is 0 Å². The van der Waals surface area contributed by atoms with Crippen LogP contribution < -0.4 is 10.6 Å². The molecule has 2 amide bonds. The van der Waals surface area contributed by atoms with Crippen LogP contribution in [0.2, 0.25) is 0 Å². The summed E-state index contributed by atoms with van der Waals surface area (Å²) in [6.07, 6.45) is 0.764. The van der Waals surface area contributed by atoms with Crippen LogP contribution in [0.1, 0.15) is 29.6 Å². The molecule has 0 saturated heterocycles. The molecule has 0 atom stereocenters. The van der Waals surface area contributed by atoms with E-state index in [1.54, 1.807) is 0 Å². The minimum absolute atomic E-state index is 0.0390. The Bertz CT molecular complexity index is 651. The fourth-order valence-electron chi connectivity index (χ4n) is 1.97. The minimum atomic E-state index is -1.14. The Morgan fingerprint density at radius 3 is 2.30 bits per heavy atom. The Morgan fingerprint density at radius 2 is 1.83 bits per heavy atom. The van der Waals surface area contributed by atoms with E-state index in [1.165, 1.54) is 24.3 Å². The summed E-state index contributed by atoms with van der Waals surface area (Å²) in [6, 6.07) is 5.06. The van der Waals surface area contributed by atoms with Gasteiger partial charge in [0.1, 0.15) is 5.54 Å². The zero-order valence-corrected chi connectivity index (χ0v) is 12.1. The normalized spacial score (nSPS) is 14.6. The van der Waals surface area contributed by atoms with Crippen LogP contribution in [0.4, 0.5) is 5.69 Å². The van der Waals surface area contributed by atoms with Crippen molar-refractivity contribution in [2.75, 3.05) is 6.54 Å². The number of non-ortho nitro benzene ring substituents is 1. The zero-order chi connectivity index (χ0) is 17.0. The molecule has 0 aliphatic heterocycles. The van der Waals surface area contributed by atoms with Gasteiger partial charge in [-0.2, -0.15) is 0 Å². The maximum absolute atomic E-state index is 11.8. The smallest absolute Gasteiger partial charge is 0.329 e. The second-order valence-corrected chi connectivity index (χ2v) is 5.25. The highest BCUT2D eigenvalue weighted by Crippen LogP contribution is 2.35. The molecule has 1 fully saturated rings. The lowest BCUT2D eigenvalue weighted by Gasteiger charge is -2.12. The summed E-state index contributed by atoms with van der Waals surface area (Å²) in [6.45, 7) is 0.0390. The summed E-state index contributed by atoms with van der Waals surface area (Å²) in [4.78, 5) is 44.3. The first-order valence-electron chi connectivity index (χ1n) is 6.91. The summed E-state index contributed by atoms with van der Waals surface area (Å²) >= 11 is 0. The molecule has 122 valence electrons. The molecule has 0 heterocycles. The van der Waals surface area contributed by atoms with Gasteiger partial charge in [-0.3, -0.25) is 19.7 Å². The molecule has 0 aromatic heterocycles. The summed E-state index contributed by atoms with van der Waals surface area (Å²) in [5, 5.41) is 24.4. The molecule has 1 aromatic carbocycles. The number of nitro groups is 1. The minimum Gasteiger partial charge on any atom is -0.480 e. The van der Waals surface area contributed by atoms with Crippen LogP contribution in [0.15, 0.2) is 24.3 Å². The Labute approximate surface area is 130 Å². The van der Waals surface area contributed by atoms with E-state index in [0.717, 1.165) is 0 Å². The Morgan fingerprint density at radius 1 is 1.22 bits per heavy atom. The molecule has 23 heavy (non-hydrogen) atoms. The highest BCUT2D eigenvalue weighted by atomic mass is 16.6. The fourth-order valence-corrected chi connectivity index (χ4v) is 1.97. The number of hydrogen-bond acceptors (Lipinski definition) is 5. The number of nitrogens with one attached hydrogen (secondary N) is 2. The number of aliphatic carboxylic acids is 1. The second-order valence-electron chi connectivity index (χ2n) is 5.25. The van der Waals surface area contributed by atoms with Gasteiger partial charge in [-0.15, -0.1) is 0 Å². The fraction of sp³-hybridized carbons (Fsp3) is 0.357. The van der Waals surface area contributed by atoms with E-state index in [-0.39, 0.29) is 24.2 Å². The number of hydrogen-bond donors (Lipinski definition) is 3. The number of carboxylic acids is 1. The van der Waals surface area contributed by atoms with Crippen LogP contribution >= 0.6 is 0 Å². The molecule has 1 saturated carbocycles. The zero-order valence-electron chi connectivity index (χ0n) is 12.1. The predicted octanol–water partition coefficient (Wildman–Crippen LogP) is 0.448. The SMILES string of the molecule is O=C(CCNC(=O)c1ccc([N+](=O)[O-])cc1)NC1(C(=O)O)CC1. The van der Waals surface area contributed by atoms with Crippen molar-refractivity contribution in [2.45, 2.75) is 24.8 Å². The summed E-state index contributed by atoms with van der Waals surface area (Å²) in [5.41, 5.74) is -1.02. The highest BCUT2D eigenvalue weighted by Gasteiger charge is 2.51. The van der Waals surface area contributed by atoms with Crippen LogP contribution in [-0.2, 0) is 9.59 Å². The van der Waals surface area contributed by atoms with Crippen LogP contribution in [0, 0.1) is 10.1 Å². The third-order valence-electron chi connectivity index (χ3n) is 3.52. The molecule has 2 rings (SSSR count). The second kappa shape index (κ2) is 6.42. The van der Waals surface area contributed by atoms with E-state index in [4.69, 9.17) is 5.11 Å². The molecule has 0 spiro atoms. The van der Waals surface area contributed by atoms with E-state index in [1.807, 2.05) is 0 Å². The van der Waals surface area contributed by atoms with Gasteiger partial charge in [0.2, 0.25) is 5.91 Å². The quantitative estimate of drug-likeness (QED) is 0.492. The van der Waals surface area contributed by atoms with Gasteiger partial charge < -0.3 is 15.7 Å². The molecule has 9 nitrogen and oxygen atoms in total. The van der Waals surface area contributed by atoms with Crippen molar-refractivity contribution in [1.29, 1.82) is 0 Å². The molecule has 3 N–H and O–H groups in total. The molecular weight excluding hydrogens is 306 g/mol. The van der Waals surface area contributed by atoms with Gasteiger partial charge in [0.05, 0.1) is 4.92 Å². The largest absolute Gasteiger partial charge is 0.480 e. The lowest BCUT2D eigenvalue weighted by molar-refractivity contribution is -0.384. The Hall–Kier alpha value is -2.97. The summed E-state index contributed by atoms with van der Waals surface area (Å²) in [7, 11) is 0. The van der Waals surface area contributed by atoms with Crippen LogP contribution in [-0.4, -0.2) is 39.9 Å². The maximum atomic E-state index is 11.8. The molecule has 0 unspecified atom stereocenters. The van der Waals surface area contributed by atoms with Gasteiger partial charge in [0, 0.05) is 30.7 Å². The van der Waals surface area contributed by atoms with E-state index < -0.39 is 28.2 Å². The van der Waals surface area contributed by atoms with E-state index in [2.05, 4.69) is 10.6 Å². The number of carbonyl (C=O) groups excluding carboxylic acids is 2. The van der Waals surface area contributed by atoms with Crippen LogP contribution in [0.25, 0.3) is 0 Å². The molecule has 9 heteroatoms. The lowest BCUT2D eigenvalue weighted by Crippen LogP contribution is -2.44. The molecule has 0 bridgehead atoms. The molecule has 1 aromatic rings. The molecule has 0 radical (unpaired) electrons. The molecular formula is C14H15N3O6. The van der Waals surface area contributed by atoms with Gasteiger partial charge in [0.25, 0.3) is 11.6 Å². The van der Waals surface area contributed by atoms with Crippen LogP contribution in [0.5, 0.6) is 0 Å². The van der Waals surface area contributed by atoms with Gasteiger partial charge in [-0.25, -0.2) is 4.79 Å². The van der Waals surface area contributed by atoms with Crippen molar-refractivity contribution in [1.82, 2.24) is 10.6 Å². The van der Waals surface area contributed by atoms with Crippen molar-refractivity contribution < 1.29 is 24.4 Å². The average Bonchev–Trinajstić information content (AvgIpc) is 3.28. The van der Waals surface area contributed by atoms with Crippen molar-refractivity contribution >= 4 is 23.5 Å². The highest BCUT2D eigenvalue weighted by molar-refractivity contribution is 5.95. The monoisotopic (exact) mass is 321 g/mol. The number of nitro benzene ring substituents is 1. The summed E-state index contributed by atoms with van der Waals surface area (Å²) in [5.74, 6) is -1.97. The van der Waals surface area contributed by atoms with Crippen molar-refractivity contribution in [2.24, 2.45) is 0 Å². The molecule has 1 aliphatic rings. The number of amides is 2. The number of benzene rings is 1. The standard InChI is InChI=1S/C14H15N3O6/c18-11(16-14(6-7-14)13(20)21)5-8-15-12(19)9-1-3-10(4-2-9)17(22)23/h1-4H,5-8H2,(H,15,19)(H,16,18)(H,20,21). The topological polar surface area (TPSA) is 139 Å². The lowest BCUT2D eigenvalue weighted by atomic mass is 10.2. The number of nitrogens with zero attached hydrogens (tertiary/aromatic N) is 1. The Kier molecular flexibility index (Phi) is 4.58. The van der Waals surface area contributed by atoms with Crippen LogP contribution in [0.3, 0.4) is 0 Å². The van der Waals surface area contributed by atoms with Gasteiger partial charge in [-0.1, -0.05) is 0 Å². The Balaban J connectivity index is 1.77. The maximum Gasteiger partial charge on any atom is 0.329 e. The summed E-state index contributed by atoms with van der Waals surface area (Å²) < 4.78 is 0. The van der Waals surface area contributed by atoms with Gasteiger partial charge >= 0.3 is 5.97 Å². The van der Waals surface area contributed by atoms with E-state index in [0.29, 0.717) is 12.8 Å². The molecule has 1 aliphatic carbocycles. The average molecular weight is 321 g/mol. The first-order valence-corrected chi connectivity index (χ1v) is 6.91. The number of carbonyl (C=O) groups is 3. The van der Waals surface area contributed by atoms with E-state index in [9.17, 15) is 24.5 Å². The number of rotatable bonds is 7. The van der Waals surface area contributed by atoms with Gasteiger partial charge in [-0.05, 0) is 25.0 Å². The first-order chi connectivity index (χ1) is 10.8. The number of carboxylic acid groups (broad SMARTS) is 1. The van der Waals surface area contributed by atoms with E-state index >= 15 is 0 Å².